The lowest BCUT2D eigenvalue weighted by molar-refractivity contribution is -0.119. The number of nitrogens with zero attached hydrogens (tertiary/aromatic N) is 2. The molecule has 0 saturated heterocycles. The highest BCUT2D eigenvalue weighted by atomic mass is 16.2. The highest BCUT2D eigenvalue weighted by molar-refractivity contribution is 6.06. The predicted octanol–water partition coefficient (Wildman–Crippen LogP) is 1.76. The molecular formula is C7H11N3O. The van der Waals surface area contributed by atoms with Crippen molar-refractivity contribution in [2.24, 2.45) is 16.1 Å². The summed E-state index contributed by atoms with van der Waals surface area (Å²) in [6.45, 7) is 2.05. The van der Waals surface area contributed by atoms with Crippen LogP contribution in [0.4, 0.5) is 0 Å². The number of hydrogen-bond donors (Lipinski definition) is 1. The lowest BCUT2D eigenvalue weighted by Crippen LogP contribution is -2.14. The van der Waals surface area contributed by atoms with Crippen LogP contribution in [0.3, 0.4) is 0 Å². The lowest BCUT2D eigenvalue weighted by atomic mass is 10.0. The molecule has 1 unspecified atom stereocenters. The van der Waals surface area contributed by atoms with Crippen molar-refractivity contribution in [1.29, 1.82) is 5.41 Å². The van der Waals surface area contributed by atoms with Gasteiger partial charge in [-0.25, -0.2) is 0 Å². The molecule has 1 N–H and O–H groups in total. The maximum absolute atomic E-state index is 10.9. The SMILES string of the molecule is CCCCC1C(=N)N=NC1=O. The molecule has 0 bridgehead atoms. The van der Waals surface area contributed by atoms with Crippen LogP contribution in [0.2, 0.25) is 0 Å². The maximum Gasteiger partial charge on any atom is 0.275 e. The summed E-state index contributed by atoms with van der Waals surface area (Å²) in [5.41, 5.74) is 0. The first-order valence-corrected chi connectivity index (χ1v) is 3.79. The van der Waals surface area contributed by atoms with E-state index < -0.39 is 0 Å². The van der Waals surface area contributed by atoms with Gasteiger partial charge >= 0.3 is 0 Å². The largest absolute Gasteiger partial charge is 0.284 e. The second-order valence-corrected chi connectivity index (χ2v) is 2.62. The molecule has 0 aromatic carbocycles. The molecule has 0 aliphatic carbocycles. The fourth-order valence-electron chi connectivity index (χ4n) is 1.03. The first kappa shape index (κ1) is 8.04. The zero-order chi connectivity index (χ0) is 8.27. The van der Waals surface area contributed by atoms with Gasteiger partial charge in [0.1, 0.15) is 5.92 Å². The number of nitrogens with one attached hydrogen (secondary N) is 1. The number of rotatable bonds is 3. The normalized spacial score (nSPS) is 23.2. The van der Waals surface area contributed by atoms with Crippen LogP contribution in [-0.2, 0) is 4.79 Å². The Labute approximate surface area is 65.2 Å². The first-order chi connectivity index (χ1) is 5.25. The zero-order valence-electron chi connectivity index (χ0n) is 6.50. The standard InChI is InChI=1S/C7H11N3O/c1-2-3-4-5-6(8)9-10-7(5)11/h5,8H,2-4H2,1H3. The van der Waals surface area contributed by atoms with Gasteiger partial charge in [0.25, 0.3) is 5.91 Å². The maximum atomic E-state index is 10.9. The van der Waals surface area contributed by atoms with Crippen LogP contribution in [0.5, 0.6) is 0 Å². The number of hydrogen-bond acceptors (Lipinski definition) is 2. The summed E-state index contributed by atoms with van der Waals surface area (Å²) >= 11 is 0. The Bertz CT molecular complexity index is 192. The molecular weight excluding hydrogens is 142 g/mol. The smallest absolute Gasteiger partial charge is 0.275 e. The van der Waals surface area contributed by atoms with Crippen molar-refractivity contribution in [3.8, 4) is 0 Å². The fourth-order valence-corrected chi connectivity index (χ4v) is 1.03. The molecule has 0 spiro atoms. The fraction of sp³-hybridized carbons (Fsp3) is 0.714. The van der Waals surface area contributed by atoms with Gasteiger partial charge in [-0.2, -0.15) is 0 Å². The number of carbonyl (C=O) groups is 1. The minimum atomic E-state index is -0.338. The topological polar surface area (TPSA) is 65.6 Å². The number of amides is 1. The van der Waals surface area contributed by atoms with Crippen LogP contribution in [0.15, 0.2) is 10.2 Å². The zero-order valence-corrected chi connectivity index (χ0v) is 6.50. The van der Waals surface area contributed by atoms with Crippen molar-refractivity contribution < 1.29 is 4.79 Å². The summed E-state index contributed by atoms with van der Waals surface area (Å²) in [5.74, 6) is -0.457. The van der Waals surface area contributed by atoms with Crippen molar-refractivity contribution in [2.45, 2.75) is 26.2 Å². The van der Waals surface area contributed by atoms with Gasteiger partial charge in [-0.05, 0) is 6.42 Å². The van der Waals surface area contributed by atoms with E-state index in [4.69, 9.17) is 5.41 Å². The Hall–Kier alpha value is -1.06. The molecule has 1 rings (SSSR count). The van der Waals surface area contributed by atoms with Gasteiger partial charge in [-0.15, -0.1) is 10.2 Å². The van der Waals surface area contributed by atoms with Gasteiger partial charge in [0.05, 0.1) is 0 Å². The second kappa shape index (κ2) is 3.37. The van der Waals surface area contributed by atoms with E-state index >= 15 is 0 Å². The van der Waals surface area contributed by atoms with Gasteiger partial charge in [0.2, 0.25) is 0 Å². The molecule has 1 heterocycles. The molecule has 0 aromatic heterocycles. The van der Waals surface area contributed by atoms with E-state index in [0.29, 0.717) is 0 Å². The Morgan fingerprint density at radius 3 is 2.73 bits per heavy atom. The highest BCUT2D eigenvalue weighted by Gasteiger charge is 2.27. The van der Waals surface area contributed by atoms with E-state index in [2.05, 4.69) is 17.2 Å². The number of unbranched alkanes of at least 4 members (excludes halogenated alkanes) is 1. The average molecular weight is 153 g/mol. The monoisotopic (exact) mass is 153 g/mol. The summed E-state index contributed by atoms with van der Waals surface area (Å²) < 4.78 is 0. The van der Waals surface area contributed by atoms with Crippen LogP contribution in [0, 0.1) is 11.3 Å². The number of carbonyl (C=O) groups excluding carboxylic acids is 1. The molecule has 0 radical (unpaired) electrons. The Morgan fingerprint density at radius 1 is 1.55 bits per heavy atom. The molecule has 11 heavy (non-hydrogen) atoms. The molecule has 4 heteroatoms. The summed E-state index contributed by atoms with van der Waals surface area (Å²) in [6, 6.07) is 0. The van der Waals surface area contributed by atoms with Crippen LogP contribution in [-0.4, -0.2) is 11.7 Å². The van der Waals surface area contributed by atoms with Gasteiger partial charge in [-0.3, -0.25) is 10.2 Å². The molecule has 0 aromatic rings. The van der Waals surface area contributed by atoms with E-state index in [1.54, 1.807) is 0 Å². The van der Waals surface area contributed by atoms with Gasteiger partial charge < -0.3 is 0 Å². The van der Waals surface area contributed by atoms with Gasteiger partial charge in [0.15, 0.2) is 5.84 Å². The van der Waals surface area contributed by atoms with E-state index in [-0.39, 0.29) is 17.7 Å². The third-order valence-electron chi connectivity index (χ3n) is 1.73. The quantitative estimate of drug-likeness (QED) is 0.659. The summed E-state index contributed by atoms with van der Waals surface area (Å²) in [5, 5.41) is 14.0. The van der Waals surface area contributed by atoms with E-state index in [9.17, 15) is 4.79 Å². The van der Waals surface area contributed by atoms with Crippen molar-refractivity contribution in [3.63, 3.8) is 0 Å². The summed E-state index contributed by atoms with van der Waals surface area (Å²) in [7, 11) is 0. The summed E-state index contributed by atoms with van der Waals surface area (Å²) in [4.78, 5) is 10.9. The molecule has 4 nitrogen and oxygen atoms in total. The molecule has 0 fully saturated rings. The third kappa shape index (κ3) is 1.69. The second-order valence-electron chi connectivity index (χ2n) is 2.62. The van der Waals surface area contributed by atoms with Crippen LogP contribution < -0.4 is 0 Å². The third-order valence-corrected chi connectivity index (χ3v) is 1.73. The van der Waals surface area contributed by atoms with E-state index in [1.807, 2.05) is 0 Å². The molecule has 60 valence electrons. The van der Waals surface area contributed by atoms with E-state index in [0.717, 1.165) is 19.3 Å². The Morgan fingerprint density at radius 2 is 2.27 bits per heavy atom. The van der Waals surface area contributed by atoms with Gasteiger partial charge in [0, 0.05) is 0 Å². The van der Waals surface area contributed by atoms with Gasteiger partial charge in [-0.1, -0.05) is 19.8 Å². The molecule has 1 amide bonds. The van der Waals surface area contributed by atoms with Crippen molar-refractivity contribution in [3.05, 3.63) is 0 Å². The van der Waals surface area contributed by atoms with Crippen molar-refractivity contribution >= 4 is 11.7 Å². The van der Waals surface area contributed by atoms with Crippen molar-refractivity contribution in [1.82, 2.24) is 0 Å². The molecule has 1 aliphatic rings. The number of amidine groups is 1. The first-order valence-electron chi connectivity index (χ1n) is 3.79. The minimum absolute atomic E-state index is 0.128. The Balaban J connectivity index is 2.46. The molecule has 1 aliphatic heterocycles. The van der Waals surface area contributed by atoms with Crippen LogP contribution >= 0.6 is 0 Å². The van der Waals surface area contributed by atoms with Crippen LogP contribution in [0.25, 0.3) is 0 Å². The van der Waals surface area contributed by atoms with E-state index in [1.165, 1.54) is 0 Å². The molecule has 1 atom stereocenters. The van der Waals surface area contributed by atoms with Crippen LogP contribution in [0.1, 0.15) is 26.2 Å². The highest BCUT2D eigenvalue weighted by Crippen LogP contribution is 2.17. The Kier molecular flexibility index (Phi) is 2.46. The minimum Gasteiger partial charge on any atom is -0.284 e. The number of azo groups is 1. The average Bonchev–Trinajstić information content (AvgIpc) is 2.29. The summed E-state index contributed by atoms with van der Waals surface area (Å²) in [6.07, 6.45) is 2.72. The predicted molar refractivity (Wildman–Crippen MR) is 40.6 cm³/mol. The lowest BCUT2D eigenvalue weighted by Gasteiger charge is -2.02. The van der Waals surface area contributed by atoms with Crippen molar-refractivity contribution in [2.75, 3.05) is 0 Å². The molecule has 0 saturated carbocycles.